The predicted octanol–water partition coefficient (Wildman–Crippen LogP) is 3.13. The average molecular weight is 245 g/mol. The third-order valence-electron chi connectivity index (χ3n) is 4.92. The number of aromatic nitrogens is 1. The molecule has 0 aromatic carbocycles. The fraction of sp³-hybridized carbons (Fsp3) is 0.667. The standard InChI is InChI=1S/C15H23N3/c1-12-13(16)4-5-14(17-12)18-10-8-15(9-11-18)6-2-3-7-15/h4-5H,2-3,6-11,16H2,1H3. The molecule has 1 saturated carbocycles. The van der Waals surface area contributed by atoms with Crippen LogP contribution in [0.2, 0.25) is 0 Å². The topological polar surface area (TPSA) is 42.2 Å². The van der Waals surface area contributed by atoms with Gasteiger partial charge in [0.25, 0.3) is 0 Å². The molecule has 0 radical (unpaired) electrons. The van der Waals surface area contributed by atoms with Gasteiger partial charge in [-0.05, 0) is 50.2 Å². The number of pyridine rings is 1. The normalized spacial score (nSPS) is 22.6. The lowest BCUT2D eigenvalue weighted by Crippen LogP contribution is -2.39. The van der Waals surface area contributed by atoms with Crippen molar-refractivity contribution < 1.29 is 0 Å². The number of piperidine rings is 1. The summed E-state index contributed by atoms with van der Waals surface area (Å²) in [4.78, 5) is 7.04. The highest BCUT2D eigenvalue weighted by molar-refractivity contribution is 5.50. The third-order valence-corrected chi connectivity index (χ3v) is 4.92. The Morgan fingerprint density at radius 1 is 1.11 bits per heavy atom. The quantitative estimate of drug-likeness (QED) is 0.826. The molecule has 1 aliphatic heterocycles. The smallest absolute Gasteiger partial charge is 0.128 e. The Hall–Kier alpha value is -1.25. The van der Waals surface area contributed by atoms with Crippen LogP contribution in [0.4, 0.5) is 11.5 Å². The largest absolute Gasteiger partial charge is 0.397 e. The van der Waals surface area contributed by atoms with E-state index in [1.165, 1.54) is 38.5 Å². The fourth-order valence-corrected chi connectivity index (χ4v) is 3.57. The molecule has 0 unspecified atom stereocenters. The molecule has 3 nitrogen and oxygen atoms in total. The van der Waals surface area contributed by atoms with Gasteiger partial charge < -0.3 is 10.6 Å². The van der Waals surface area contributed by atoms with E-state index in [1.807, 2.05) is 13.0 Å². The molecule has 1 saturated heterocycles. The van der Waals surface area contributed by atoms with E-state index < -0.39 is 0 Å². The number of nitrogen functional groups attached to an aromatic ring is 1. The first-order valence-corrected chi connectivity index (χ1v) is 7.17. The van der Waals surface area contributed by atoms with Crippen LogP contribution in [-0.4, -0.2) is 18.1 Å². The Bertz CT molecular complexity index is 425. The van der Waals surface area contributed by atoms with Crippen LogP contribution < -0.4 is 10.6 Å². The Morgan fingerprint density at radius 2 is 1.78 bits per heavy atom. The molecule has 0 bridgehead atoms. The Morgan fingerprint density at radius 3 is 2.39 bits per heavy atom. The fourth-order valence-electron chi connectivity index (χ4n) is 3.57. The lowest BCUT2D eigenvalue weighted by Gasteiger charge is -2.40. The zero-order chi connectivity index (χ0) is 12.6. The highest BCUT2D eigenvalue weighted by atomic mass is 15.2. The number of aryl methyl sites for hydroxylation is 1. The second-order valence-electron chi connectivity index (χ2n) is 6.04. The van der Waals surface area contributed by atoms with Crippen LogP contribution in [0.5, 0.6) is 0 Å². The first-order valence-electron chi connectivity index (χ1n) is 7.17. The summed E-state index contributed by atoms with van der Waals surface area (Å²) in [6, 6.07) is 4.05. The van der Waals surface area contributed by atoms with Gasteiger partial charge in [0, 0.05) is 13.1 Å². The lowest BCUT2D eigenvalue weighted by molar-refractivity contribution is 0.226. The highest BCUT2D eigenvalue weighted by Crippen LogP contribution is 2.46. The van der Waals surface area contributed by atoms with E-state index in [4.69, 9.17) is 5.73 Å². The SMILES string of the molecule is Cc1nc(N2CCC3(CCCC3)CC2)ccc1N. The molecular weight excluding hydrogens is 222 g/mol. The van der Waals surface area contributed by atoms with E-state index >= 15 is 0 Å². The Labute approximate surface area is 109 Å². The Kier molecular flexibility index (Phi) is 2.92. The van der Waals surface area contributed by atoms with Crippen molar-refractivity contribution in [2.75, 3.05) is 23.7 Å². The molecule has 2 aliphatic rings. The number of hydrogen-bond acceptors (Lipinski definition) is 3. The van der Waals surface area contributed by atoms with Crippen molar-refractivity contribution in [2.24, 2.45) is 5.41 Å². The second-order valence-corrected chi connectivity index (χ2v) is 6.04. The molecule has 98 valence electrons. The van der Waals surface area contributed by atoms with Gasteiger partial charge in [0.05, 0.1) is 11.4 Å². The van der Waals surface area contributed by atoms with Gasteiger partial charge in [-0.25, -0.2) is 4.98 Å². The summed E-state index contributed by atoms with van der Waals surface area (Å²) in [5.41, 5.74) is 8.26. The summed E-state index contributed by atoms with van der Waals surface area (Å²) in [7, 11) is 0. The van der Waals surface area contributed by atoms with Gasteiger partial charge in [0.2, 0.25) is 0 Å². The molecule has 2 N–H and O–H groups in total. The number of nitrogens with two attached hydrogens (primary N) is 1. The molecule has 0 amide bonds. The van der Waals surface area contributed by atoms with Gasteiger partial charge in [0.15, 0.2) is 0 Å². The van der Waals surface area contributed by atoms with Gasteiger partial charge in [-0.1, -0.05) is 12.8 Å². The molecule has 2 fully saturated rings. The predicted molar refractivity (Wildman–Crippen MR) is 75.7 cm³/mol. The van der Waals surface area contributed by atoms with Crippen molar-refractivity contribution >= 4 is 11.5 Å². The van der Waals surface area contributed by atoms with Crippen molar-refractivity contribution in [3.05, 3.63) is 17.8 Å². The Balaban J connectivity index is 1.70. The summed E-state index contributed by atoms with van der Waals surface area (Å²) in [5, 5.41) is 0. The van der Waals surface area contributed by atoms with Crippen LogP contribution in [0.1, 0.15) is 44.2 Å². The second kappa shape index (κ2) is 4.45. The zero-order valence-electron chi connectivity index (χ0n) is 11.3. The first kappa shape index (κ1) is 11.8. The van der Waals surface area contributed by atoms with Crippen LogP contribution in [0, 0.1) is 12.3 Å². The number of anilines is 2. The maximum absolute atomic E-state index is 5.83. The van der Waals surface area contributed by atoms with Gasteiger partial charge >= 0.3 is 0 Å². The van der Waals surface area contributed by atoms with Crippen LogP contribution in [0.25, 0.3) is 0 Å². The number of hydrogen-bond donors (Lipinski definition) is 1. The van der Waals surface area contributed by atoms with Gasteiger partial charge in [-0.3, -0.25) is 0 Å². The molecule has 1 aromatic rings. The van der Waals surface area contributed by atoms with Crippen LogP contribution in [0.3, 0.4) is 0 Å². The highest BCUT2D eigenvalue weighted by Gasteiger charge is 2.37. The molecular formula is C15H23N3. The minimum absolute atomic E-state index is 0.680. The third kappa shape index (κ3) is 2.06. The van der Waals surface area contributed by atoms with Crippen molar-refractivity contribution in [3.8, 4) is 0 Å². The molecule has 3 heteroatoms. The number of nitrogens with zero attached hydrogens (tertiary/aromatic N) is 2. The molecule has 3 rings (SSSR count). The van der Waals surface area contributed by atoms with Crippen molar-refractivity contribution in [3.63, 3.8) is 0 Å². The van der Waals surface area contributed by atoms with Crippen molar-refractivity contribution in [1.82, 2.24) is 4.98 Å². The lowest BCUT2D eigenvalue weighted by atomic mass is 9.77. The molecule has 1 aliphatic carbocycles. The summed E-state index contributed by atoms with van der Waals surface area (Å²) in [6.07, 6.45) is 8.48. The summed E-state index contributed by atoms with van der Waals surface area (Å²) < 4.78 is 0. The van der Waals surface area contributed by atoms with Crippen LogP contribution in [0.15, 0.2) is 12.1 Å². The van der Waals surface area contributed by atoms with E-state index in [2.05, 4.69) is 16.0 Å². The zero-order valence-corrected chi connectivity index (χ0v) is 11.3. The van der Waals surface area contributed by atoms with Crippen LogP contribution in [-0.2, 0) is 0 Å². The maximum Gasteiger partial charge on any atom is 0.128 e. The van der Waals surface area contributed by atoms with Gasteiger partial charge in [-0.15, -0.1) is 0 Å². The first-order chi connectivity index (χ1) is 8.69. The molecule has 1 aromatic heterocycles. The number of rotatable bonds is 1. The summed E-state index contributed by atoms with van der Waals surface area (Å²) >= 11 is 0. The summed E-state index contributed by atoms with van der Waals surface area (Å²) in [5.74, 6) is 1.11. The minimum Gasteiger partial charge on any atom is -0.397 e. The van der Waals surface area contributed by atoms with E-state index in [0.717, 1.165) is 30.3 Å². The maximum atomic E-state index is 5.83. The molecule has 2 heterocycles. The van der Waals surface area contributed by atoms with E-state index in [1.54, 1.807) is 0 Å². The van der Waals surface area contributed by atoms with Crippen molar-refractivity contribution in [2.45, 2.75) is 45.4 Å². The molecule has 1 spiro atoms. The average Bonchev–Trinajstić information content (AvgIpc) is 2.82. The van der Waals surface area contributed by atoms with E-state index in [9.17, 15) is 0 Å². The van der Waals surface area contributed by atoms with Gasteiger partial charge in [-0.2, -0.15) is 0 Å². The van der Waals surface area contributed by atoms with E-state index in [-0.39, 0.29) is 0 Å². The molecule has 0 atom stereocenters. The van der Waals surface area contributed by atoms with Crippen molar-refractivity contribution in [1.29, 1.82) is 0 Å². The van der Waals surface area contributed by atoms with Crippen LogP contribution >= 0.6 is 0 Å². The monoisotopic (exact) mass is 245 g/mol. The molecule has 18 heavy (non-hydrogen) atoms. The van der Waals surface area contributed by atoms with Gasteiger partial charge in [0.1, 0.15) is 5.82 Å². The summed E-state index contributed by atoms with van der Waals surface area (Å²) in [6.45, 7) is 4.31. The van der Waals surface area contributed by atoms with E-state index in [0.29, 0.717) is 5.41 Å². The minimum atomic E-state index is 0.680.